The molecule has 76 valence electrons. The summed E-state index contributed by atoms with van der Waals surface area (Å²) in [7, 11) is 0. The predicted octanol–water partition coefficient (Wildman–Crippen LogP) is 2.72. The second-order valence-electron chi connectivity index (χ2n) is 2.60. The van der Waals surface area contributed by atoms with Crippen molar-refractivity contribution in [3.05, 3.63) is 29.6 Å². The minimum atomic E-state index is -0.484. The molecule has 0 atom stereocenters. The molecule has 0 unspecified atom stereocenters. The van der Waals surface area contributed by atoms with Crippen LogP contribution in [0.5, 0.6) is 0 Å². The van der Waals surface area contributed by atoms with E-state index in [2.05, 4.69) is 0 Å². The van der Waals surface area contributed by atoms with Crippen LogP contribution in [0.4, 0.5) is 4.39 Å². The first-order chi connectivity index (χ1) is 6.67. The van der Waals surface area contributed by atoms with Crippen molar-refractivity contribution in [1.82, 2.24) is 0 Å². The van der Waals surface area contributed by atoms with Crippen LogP contribution in [0.1, 0.15) is 17.3 Å². The minimum Gasteiger partial charge on any atom is -0.462 e. The summed E-state index contributed by atoms with van der Waals surface area (Å²) in [6.07, 6.45) is 1.82. The van der Waals surface area contributed by atoms with Gasteiger partial charge in [-0.3, -0.25) is 0 Å². The maximum Gasteiger partial charge on any atom is 0.338 e. The van der Waals surface area contributed by atoms with Gasteiger partial charge in [0.25, 0.3) is 0 Å². The molecule has 0 fully saturated rings. The Hall–Kier alpha value is -1.03. The molecule has 14 heavy (non-hydrogen) atoms. The summed E-state index contributed by atoms with van der Waals surface area (Å²) in [5.41, 5.74) is 0.260. The maximum absolute atomic E-state index is 13.0. The quantitative estimate of drug-likeness (QED) is 0.571. The van der Waals surface area contributed by atoms with E-state index in [4.69, 9.17) is 4.74 Å². The molecule has 0 saturated heterocycles. The Balaban J connectivity index is 2.96. The van der Waals surface area contributed by atoms with Crippen LogP contribution in [0.3, 0.4) is 0 Å². The number of benzene rings is 1. The third kappa shape index (κ3) is 2.73. The van der Waals surface area contributed by atoms with Crippen LogP contribution in [0, 0.1) is 5.82 Å². The van der Waals surface area contributed by atoms with E-state index in [0.717, 1.165) is 0 Å². The average Bonchev–Trinajstić information content (AvgIpc) is 2.17. The van der Waals surface area contributed by atoms with Gasteiger partial charge in [-0.05, 0) is 31.4 Å². The summed E-state index contributed by atoms with van der Waals surface area (Å²) in [6.45, 7) is 2.01. The summed E-state index contributed by atoms with van der Waals surface area (Å²) in [4.78, 5) is 12.0. The molecule has 2 nitrogen and oxygen atoms in total. The Morgan fingerprint density at radius 1 is 1.50 bits per heavy atom. The Kier molecular flexibility index (Phi) is 3.95. The van der Waals surface area contributed by atoms with E-state index in [1.165, 1.54) is 23.9 Å². The zero-order chi connectivity index (χ0) is 10.6. The van der Waals surface area contributed by atoms with Crippen LogP contribution in [0.15, 0.2) is 23.1 Å². The largest absolute Gasteiger partial charge is 0.462 e. The van der Waals surface area contributed by atoms with E-state index in [9.17, 15) is 9.18 Å². The number of carbonyl (C=O) groups excluding carboxylic acids is 1. The number of hydrogen-bond donors (Lipinski definition) is 0. The van der Waals surface area contributed by atoms with Gasteiger partial charge < -0.3 is 4.74 Å². The van der Waals surface area contributed by atoms with Gasteiger partial charge in [-0.15, -0.1) is 11.8 Å². The topological polar surface area (TPSA) is 26.3 Å². The van der Waals surface area contributed by atoms with Gasteiger partial charge in [-0.1, -0.05) is 0 Å². The summed E-state index contributed by atoms with van der Waals surface area (Å²) in [6, 6.07) is 4.18. The van der Waals surface area contributed by atoms with E-state index in [1.807, 2.05) is 6.26 Å². The van der Waals surface area contributed by atoms with Gasteiger partial charge in [-0.25, -0.2) is 9.18 Å². The van der Waals surface area contributed by atoms with Crippen molar-refractivity contribution in [2.24, 2.45) is 0 Å². The molecule has 0 heterocycles. The highest BCUT2D eigenvalue weighted by Gasteiger charge is 2.08. The first kappa shape index (κ1) is 11.0. The fourth-order valence-electron chi connectivity index (χ4n) is 1.01. The fourth-order valence-corrected chi connectivity index (χ4v) is 1.49. The molecule has 0 aromatic heterocycles. The highest BCUT2D eigenvalue weighted by Crippen LogP contribution is 2.18. The molecule has 0 aliphatic rings. The van der Waals surface area contributed by atoms with Crippen molar-refractivity contribution in [1.29, 1.82) is 0 Å². The van der Waals surface area contributed by atoms with Crippen molar-refractivity contribution in [2.75, 3.05) is 12.9 Å². The molecule has 0 saturated carbocycles. The number of carbonyl (C=O) groups is 1. The molecule has 0 N–H and O–H groups in total. The molecule has 1 rings (SSSR count). The number of rotatable bonds is 3. The molecule has 1 aromatic rings. The van der Waals surface area contributed by atoms with Crippen molar-refractivity contribution in [3.63, 3.8) is 0 Å². The predicted molar refractivity (Wildman–Crippen MR) is 54.1 cm³/mol. The van der Waals surface area contributed by atoms with Crippen LogP contribution < -0.4 is 0 Å². The van der Waals surface area contributed by atoms with E-state index >= 15 is 0 Å². The molecule has 0 bridgehead atoms. The minimum absolute atomic E-state index is 0.260. The SMILES string of the molecule is CCOC(=O)c1cc(F)cc(SC)c1. The Morgan fingerprint density at radius 2 is 2.21 bits per heavy atom. The summed E-state index contributed by atoms with van der Waals surface area (Å²) in [5, 5.41) is 0. The third-order valence-electron chi connectivity index (χ3n) is 1.62. The molecule has 0 radical (unpaired) electrons. The number of halogens is 1. The van der Waals surface area contributed by atoms with Gasteiger partial charge in [0, 0.05) is 4.90 Å². The number of esters is 1. The average molecular weight is 214 g/mol. The van der Waals surface area contributed by atoms with Crippen LogP contribution in [-0.2, 0) is 4.74 Å². The van der Waals surface area contributed by atoms with Crippen molar-refractivity contribution in [3.8, 4) is 0 Å². The van der Waals surface area contributed by atoms with Gasteiger partial charge in [0.1, 0.15) is 5.82 Å². The molecule has 0 aliphatic carbocycles. The molecule has 0 spiro atoms. The molecular weight excluding hydrogens is 203 g/mol. The fraction of sp³-hybridized carbons (Fsp3) is 0.300. The maximum atomic E-state index is 13.0. The normalized spacial score (nSPS) is 9.93. The lowest BCUT2D eigenvalue weighted by Gasteiger charge is -2.03. The van der Waals surface area contributed by atoms with Gasteiger partial charge in [0.15, 0.2) is 0 Å². The van der Waals surface area contributed by atoms with Crippen molar-refractivity contribution in [2.45, 2.75) is 11.8 Å². The number of ether oxygens (including phenoxy) is 1. The first-order valence-electron chi connectivity index (χ1n) is 4.19. The standard InChI is InChI=1S/C10H11FO2S/c1-3-13-10(12)7-4-8(11)6-9(5-7)14-2/h4-6H,3H2,1-2H3. The number of hydrogen-bond acceptors (Lipinski definition) is 3. The van der Waals surface area contributed by atoms with Gasteiger partial charge >= 0.3 is 5.97 Å². The Labute approximate surface area is 86.5 Å². The highest BCUT2D eigenvalue weighted by molar-refractivity contribution is 7.98. The highest BCUT2D eigenvalue weighted by atomic mass is 32.2. The summed E-state index contributed by atoms with van der Waals surface area (Å²) in [5.74, 6) is -0.901. The second kappa shape index (κ2) is 5.00. The van der Waals surface area contributed by atoms with E-state index in [0.29, 0.717) is 11.5 Å². The van der Waals surface area contributed by atoms with Gasteiger partial charge in [0.05, 0.1) is 12.2 Å². The molecule has 0 amide bonds. The van der Waals surface area contributed by atoms with Crippen LogP contribution >= 0.6 is 11.8 Å². The van der Waals surface area contributed by atoms with Crippen LogP contribution in [0.25, 0.3) is 0 Å². The van der Waals surface area contributed by atoms with E-state index < -0.39 is 11.8 Å². The van der Waals surface area contributed by atoms with Crippen molar-refractivity contribution < 1.29 is 13.9 Å². The van der Waals surface area contributed by atoms with Gasteiger partial charge in [-0.2, -0.15) is 0 Å². The monoisotopic (exact) mass is 214 g/mol. The summed E-state index contributed by atoms with van der Waals surface area (Å²) >= 11 is 1.38. The Bertz CT molecular complexity index is 339. The molecule has 1 aromatic carbocycles. The second-order valence-corrected chi connectivity index (χ2v) is 3.48. The van der Waals surface area contributed by atoms with E-state index in [1.54, 1.807) is 13.0 Å². The van der Waals surface area contributed by atoms with Crippen LogP contribution in [-0.4, -0.2) is 18.8 Å². The zero-order valence-corrected chi connectivity index (χ0v) is 8.86. The summed E-state index contributed by atoms with van der Waals surface area (Å²) < 4.78 is 17.8. The Morgan fingerprint density at radius 3 is 2.79 bits per heavy atom. The smallest absolute Gasteiger partial charge is 0.338 e. The third-order valence-corrected chi connectivity index (χ3v) is 2.33. The van der Waals surface area contributed by atoms with Crippen LogP contribution in [0.2, 0.25) is 0 Å². The lowest BCUT2D eigenvalue weighted by Crippen LogP contribution is -2.05. The number of thioether (sulfide) groups is 1. The van der Waals surface area contributed by atoms with Gasteiger partial charge in [0.2, 0.25) is 0 Å². The first-order valence-corrected chi connectivity index (χ1v) is 5.41. The van der Waals surface area contributed by atoms with Crippen molar-refractivity contribution >= 4 is 17.7 Å². The lowest BCUT2D eigenvalue weighted by atomic mass is 10.2. The lowest BCUT2D eigenvalue weighted by molar-refractivity contribution is 0.0525. The van der Waals surface area contributed by atoms with E-state index in [-0.39, 0.29) is 5.56 Å². The molecule has 4 heteroatoms. The molecular formula is C10H11FO2S. The zero-order valence-electron chi connectivity index (χ0n) is 8.04. The molecule has 0 aliphatic heterocycles.